The molecule has 2 atom stereocenters. The summed E-state index contributed by atoms with van der Waals surface area (Å²) in [4.78, 5) is 29.3. The average molecular weight is 324 g/mol. The van der Waals surface area contributed by atoms with Gasteiger partial charge in [0.1, 0.15) is 5.69 Å². The molecule has 1 saturated heterocycles. The van der Waals surface area contributed by atoms with Crippen LogP contribution in [-0.2, 0) is 0 Å². The summed E-state index contributed by atoms with van der Waals surface area (Å²) < 4.78 is 0. The fourth-order valence-electron chi connectivity index (χ4n) is 3.39. The quantitative estimate of drug-likeness (QED) is 0.942. The molecule has 1 amide bonds. The van der Waals surface area contributed by atoms with Crippen LogP contribution in [0.2, 0.25) is 0 Å². The number of piperidine rings is 1. The lowest BCUT2D eigenvalue weighted by atomic mass is 9.81. The van der Waals surface area contributed by atoms with Gasteiger partial charge < -0.3 is 10.0 Å². The Balaban J connectivity index is 1.72. The maximum absolute atomic E-state index is 12.7. The van der Waals surface area contributed by atoms with Crippen LogP contribution in [-0.4, -0.2) is 40.0 Å². The Labute approximate surface area is 140 Å². The average Bonchev–Trinajstić information content (AvgIpc) is 2.62. The number of hydrogen-bond acceptors (Lipinski definition) is 3. The maximum Gasteiger partial charge on any atom is 0.354 e. The van der Waals surface area contributed by atoms with Crippen LogP contribution in [0.5, 0.6) is 0 Å². The van der Waals surface area contributed by atoms with Crippen LogP contribution in [0.15, 0.2) is 48.7 Å². The van der Waals surface area contributed by atoms with E-state index in [0.717, 1.165) is 6.42 Å². The van der Waals surface area contributed by atoms with E-state index in [-0.39, 0.29) is 11.6 Å². The highest BCUT2D eigenvalue weighted by Gasteiger charge is 2.30. The maximum atomic E-state index is 12.7. The van der Waals surface area contributed by atoms with Crippen molar-refractivity contribution < 1.29 is 14.7 Å². The van der Waals surface area contributed by atoms with Crippen LogP contribution < -0.4 is 0 Å². The fourth-order valence-corrected chi connectivity index (χ4v) is 3.39. The molecule has 5 nitrogen and oxygen atoms in total. The number of carboxylic acids is 1. The lowest BCUT2D eigenvalue weighted by Gasteiger charge is -2.37. The molecule has 0 aliphatic carbocycles. The Morgan fingerprint density at radius 1 is 1.21 bits per heavy atom. The molecule has 2 heterocycles. The fraction of sp³-hybridized carbons (Fsp3) is 0.316. The van der Waals surface area contributed by atoms with E-state index in [4.69, 9.17) is 5.11 Å². The topological polar surface area (TPSA) is 70.5 Å². The summed E-state index contributed by atoms with van der Waals surface area (Å²) in [6, 6.07) is 13.3. The van der Waals surface area contributed by atoms with Crippen LogP contribution in [0.1, 0.15) is 45.7 Å². The Morgan fingerprint density at radius 3 is 2.62 bits per heavy atom. The van der Waals surface area contributed by atoms with E-state index < -0.39 is 5.97 Å². The molecule has 1 N–H and O–H groups in total. The molecule has 0 radical (unpaired) electrons. The van der Waals surface area contributed by atoms with Crippen molar-refractivity contribution in [2.75, 3.05) is 13.1 Å². The summed E-state index contributed by atoms with van der Waals surface area (Å²) in [7, 11) is 0. The van der Waals surface area contributed by atoms with Gasteiger partial charge in [-0.05, 0) is 36.0 Å². The number of pyridine rings is 1. The van der Waals surface area contributed by atoms with E-state index in [1.807, 2.05) is 23.1 Å². The second-order valence-electron chi connectivity index (χ2n) is 6.27. The second kappa shape index (κ2) is 6.83. The first-order valence-electron chi connectivity index (χ1n) is 8.10. The summed E-state index contributed by atoms with van der Waals surface area (Å²) in [5.74, 6) is -0.452. The number of hydrogen-bond donors (Lipinski definition) is 1. The predicted molar refractivity (Wildman–Crippen MR) is 90.1 cm³/mol. The third-order valence-electron chi connectivity index (χ3n) is 4.65. The minimum Gasteiger partial charge on any atom is -0.477 e. The summed E-state index contributed by atoms with van der Waals surface area (Å²) >= 11 is 0. The highest BCUT2D eigenvalue weighted by Crippen LogP contribution is 2.33. The molecule has 1 aliphatic rings. The second-order valence-corrected chi connectivity index (χ2v) is 6.27. The summed E-state index contributed by atoms with van der Waals surface area (Å²) in [6.45, 7) is 3.50. The number of carbonyl (C=O) groups is 2. The molecule has 1 aromatic carbocycles. The lowest BCUT2D eigenvalue weighted by molar-refractivity contribution is 0.0660. The largest absolute Gasteiger partial charge is 0.477 e. The van der Waals surface area contributed by atoms with Gasteiger partial charge in [0.15, 0.2) is 0 Å². The van der Waals surface area contributed by atoms with E-state index in [0.29, 0.717) is 30.5 Å². The summed E-state index contributed by atoms with van der Waals surface area (Å²) in [5.41, 5.74) is 1.59. The lowest BCUT2D eigenvalue weighted by Crippen LogP contribution is -2.42. The summed E-state index contributed by atoms with van der Waals surface area (Å²) in [6.07, 6.45) is 2.28. The molecular weight excluding hydrogens is 304 g/mol. The standard InChI is InChI=1S/C19H20N2O3/c1-13-12-21(10-8-16(13)14-5-3-2-4-6-14)18(22)15-7-9-20-17(11-15)19(23)24/h2-7,9,11,13,16H,8,10,12H2,1H3,(H,23,24). The number of carboxylic acid groups (broad SMARTS) is 1. The van der Waals surface area contributed by atoms with Gasteiger partial charge in [0.25, 0.3) is 5.91 Å². The van der Waals surface area contributed by atoms with Crippen LogP contribution in [0.3, 0.4) is 0 Å². The first kappa shape index (κ1) is 16.2. The van der Waals surface area contributed by atoms with Crippen molar-refractivity contribution in [3.8, 4) is 0 Å². The number of benzene rings is 1. The zero-order valence-corrected chi connectivity index (χ0v) is 13.6. The first-order chi connectivity index (χ1) is 11.6. The van der Waals surface area contributed by atoms with Crippen molar-refractivity contribution >= 4 is 11.9 Å². The number of aromatic nitrogens is 1. The van der Waals surface area contributed by atoms with E-state index in [1.54, 1.807) is 6.07 Å². The van der Waals surface area contributed by atoms with Gasteiger partial charge in [0, 0.05) is 24.8 Å². The van der Waals surface area contributed by atoms with Crippen LogP contribution in [0.25, 0.3) is 0 Å². The molecule has 2 unspecified atom stereocenters. The zero-order chi connectivity index (χ0) is 17.1. The van der Waals surface area contributed by atoms with Gasteiger partial charge in [-0.2, -0.15) is 0 Å². The highest BCUT2D eigenvalue weighted by molar-refractivity contribution is 5.96. The first-order valence-corrected chi connectivity index (χ1v) is 8.10. The van der Waals surface area contributed by atoms with Crippen LogP contribution >= 0.6 is 0 Å². The highest BCUT2D eigenvalue weighted by atomic mass is 16.4. The van der Waals surface area contributed by atoms with Crippen LogP contribution in [0, 0.1) is 5.92 Å². The van der Waals surface area contributed by atoms with Crippen molar-refractivity contribution in [3.63, 3.8) is 0 Å². The van der Waals surface area contributed by atoms with Crippen molar-refractivity contribution in [2.45, 2.75) is 19.3 Å². The monoisotopic (exact) mass is 324 g/mol. The Bertz CT molecular complexity index is 745. The van der Waals surface area contributed by atoms with Crippen molar-refractivity contribution in [3.05, 3.63) is 65.5 Å². The smallest absolute Gasteiger partial charge is 0.354 e. The predicted octanol–water partition coefficient (Wildman–Crippen LogP) is 3.05. The van der Waals surface area contributed by atoms with Crippen LogP contribution in [0.4, 0.5) is 0 Å². The van der Waals surface area contributed by atoms with Crippen molar-refractivity contribution in [2.24, 2.45) is 5.92 Å². The molecule has 124 valence electrons. The minimum atomic E-state index is -1.12. The van der Waals surface area contributed by atoms with Crippen molar-refractivity contribution in [1.82, 2.24) is 9.88 Å². The minimum absolute atomic E-state index is 0.104. The Kier molecular flexibility index (Phi) is 4.60. The molecule has 1 fully saturated rings. The van der Waals surface area contributed by atoms with Gasteiger partial charge in [-0.1, -0.05) is 37.3 Å². The summed E-state index contributed by atoms with van der Waals surface area (Å²) in [5, 5.41) is 9.02. The number of carbonyl (C=O) groups excluding carboxylic acids is 1. The number of aromatic carboxylic acids is 1. The van der Waals surface area contributed by atoms with E-state index >= 15 is 0 Å². The van der Waals surface area contributed by atoms with Gasteiger partial charge in [0.05, 0.1) is 0 Å². The molecule has 5 heteroatoms. The van der Waals surface area contributed by atoms with Gasteiger partial charge in [-0.15, -0.1) is 0 Å². The third-order valence-corrected chi connectivity index (χ3v) is 4.65. The van der Waals surface area contributed by atoms with E-state index in [2.05, 4.69) is 24.0 Å². The molecular formula is C19H20N2O3. The molecule has 0 bridgehead atoms. The zero-order valence-electron chi connectivity index (χ0n) is 13.6. The van der Waals surface area contributed by atoms with E-state index in [1.165, 1.54) is 17.8 Å². The Hall–Kier alpha value is -2.69. The number of likely N-dealkylation sites (tertiary alicyclic amines) is 1. The van der Waals surface area contributed by atoms with Gasteiger partial charge >= 0.3 is 5.97 Å². The number of amides is 1. The number of rotatable bonds is 3. The Morgan fingerprint density at radius 2 is 1.96 bits per heavy atom. The molecule has 24 heavy (non-hydrogen) atoms. The van der Waals surface area contributed by atoms with Gasteiger partial charge in [-0.3, -0.25) is 4.79 Å². The molecule has 3 rings (SSSR count). The molecule has 1 aromatic heterocycles. The SMILES string of the molecule is CC1CN(C(=O)c2ccnc(C(=O)O)c2)CCC1c1ccccc1. The molecule has 2 aromatic rings. The third kappa shape index (κ3) is 3.30. The normalized spacial score (nSPS) is 20.6. The van der Waals surface area contributed by atoms with Crippen molar-refractivity contribution in [1.29, 1.82) is 0 Å². The van der Waals surface area contributed by atoms with E-state index in [9.17, 15) is 9.59 Å². The number of nitrogens with zero attached hydrogens (tertiary/aromatic N) is 2. The molecule has 0 spiro atoms. The van der Waals surface area contributed by atoms with Gasteiger partial charge in [-0.25, -0.2) is 9.78 Å². The molecule has 1 aliphatic heterocycles. The van der Waals surface area contributed by atoms with Gasteiger partial charge in [0.2, 0.25) is 0 Å². The molecule has 0 saturated carbocycles.